The van der Waals surface area contributed by atoms with Crippen molar-refractivity contribution < 1.29 is 24.5 Å². The van der Waals surface area contributed by atoms with E-state index in [1.165, 1.54) is 283 Å². The summed E-state index contributed by atoms with van der Waals surface area (Å²) in [6.07, 6.45) is 75.1. The minimum absolute atomic E-state index is 0.00999. The minimum Gasteiger partial charge on any atom is -0.466 e. The molecule has 0 bridgehead atoms. The Morgan fingerprint density at radius 3 is 1.00 bits per heavy atom. The summed E-state index contributed by atoms with van der Waals surface area (Å²) in [5, 5.41) is 23.2. The van der Waals surface area contributed by atoms with Crippen molar-refractivity contribution in [3.8, 4) is 0 Å². The number of aliphatic hydroxyl groups excluding tert-OH is 2. The van der Waals surface area contributed by atoms with Gasteiger partial charge in [0, 0.05) is 12.8 Å². The number of esters is 1. The zero-order chi connectivity index (χ0) is 51.4. The van der Waals surface area contributed by atoms with Gasteiger partial charge in [-0.05, 0) is 57.8 Å². The van der Waals surface area contributed by atoms with Crippen LogP contribution in [0.3, 0.4) is 0 Å². The molecule has 6 nitrogen and oxygen atoms in total. The third kappa shape index (κ3) is 57.5. The van der Waals surface area contributed by atoms with E-state index in [1.54, 1.807) is 6.08 Å². The van der Waals surface area contributed by atoms with Crippen LogP contribution in [-0.2, 0) is 14.3 Å². The normalized spacial score (nSPS) is 12.7. The lowest BCUT2D eigenvalue weighted by atomic mass is 10.0. The molecule has 3 N–H and O–H groups in total. The van der Waals surface area contributed by atoms with Crippen LogP contribution in [0.2, 0.25) is 0 Å². The van der Waals surface area contributed by atoms with Gasteiger partial charge in [-0.3, -0.25) is 9.59 Å². The number of hydrogen-bond acceptors (Lipinski definition) is 5. The average Bonchev–Trinajstić information content (AvgIpc) is 3.37. The van der Waals surface area contributed by atoms with Crippen LogP contribution in [0, 0.1) is 0 Å². The van der Waals surface area contributed by atoms with Gasteiger partial charge in [-0.2, -0.15) is 0 Å². The molecule has 0 aromatic rings. The zero-order valence-electron chi connectivity index (χ0n) is 48.0. The lowest BCUT2D eigenvalue weighted by Crippen LogP contribution is -2.45. The molecule has 2 unspecified atom stereocenters. The molecule has 2 atom stereocenters. The maximum atomic E-state index is 12.5. The second-order valence-electron chi connectivity index (χ2n) is 22.1. The number of nitrogens with one attached hydrogen (secondary N) is 1. The molecule has 0 spiro atoms. The van der Waals surface area contributed by atoms with E-state index in [1.807, 2.05) is 6.08 Å². The molecule has 0 aliphatic heterocycles. The van der Waals surface area contributed by atoms with Gasteiger partial charge in [0.15, 0.2) is 0 Å². The number of ether oxygens (including phenoxy) is 1. The molecule has 0 aromatic carbocycles. The lowest BCUT2D eigenvalue weighted by molar-refractivity contribution is -0.143. The van der Waals surface area contributed by atoms with Crippen molar-refractivity contribution in [2.45, 2.75) is 366 Å². The highest BCUT2D eigenvalue weighted by Crippen LogP contribution is 2.18. The number of carbonyl (C=O) groups is 2. The number of hydrogen-bond donors (Lipinski definition) is 3. The number of aliphatic hydroxyl groups is 2. The van der Waals surface area contributed by atoms with Gasteiger partial charge < -0.3 is 20.3 Å². The van der Waals surface area contributed by atoms with Crippen LogP contribution < -0.4 is 5.32 Å². The quantitative estimate of drug-likeness (QED) is 0.0320. The molecular formula is C65H125NO5. The SMILES string of the molecule is CCCCCCCCCCCCCCCCC/C=C/C(O)C(CO)NC(=O)CCCCCCCCC/C=C\CCCCCCCCCCCOC(=O)CCCCCCCCCCCCCCCCCCC. The van der Waals surface area contributed by atoms with Crippen LogP contribution in [0.15, 0.2) is 24.3 Å². The predicted octanol–water partition coefficient (Wildman–Crippen LogP) is 20.2. The summed E-state index contributed by atoms with van der Waals surface area (Å²) in [4.78, 5) is 24.6. The Balaban J connectivity index is 3.43. The average molecular weight is 1000 g/mol. The highest BCUT2D eigenvalue weighted by atomic mass is 16.5. The van der Waals surface area contributed by atoms with Gasteiger partial charge in [-0.15, -0.1) is 0 Å². The Morgan fingerprint density at radius 2 is 0.662 bits per heavy atom. The fraction of sp³-hybridized carbons (Fsp3) is 0.908. The minimum atomic E-state index is -0.850. The van der Waals surface area contributed by atoms with E-state index in [9.17, 15) is 19.8 Å². The molecule has 0 radical (unpaired) electrons. The first-order chi connectivity index (χ1) is 35.0. The summed E-state index contributed by atoms with van der Waals surface area (Å²) in [7, 11) is 0. The maximum absolute atomic E-state index is 12.5. The number of amides is 1. The van der Waals surface area contributed by atoms with Crippen LogP contribution in [0.25, 0.3) is 0 Å². The lowest BCUT2D eigenvalue weighted by Gasteiger charge is -2.20. The molecule has 0 saturated carbocycles. The van der Waals surface area contributed by atoms with E-state index in [-0.39, 0.29) is 18.5 Å². The third-order valence-corrected chi connectivity index (χ3v) is 15.0. The van der Waals surface area contributed by atoms with Crippen molar-refractivity contribution >= 4 is 11.9 Å². The Morgan fingerprint density at radius 1 is 0.380 bits per heavy atom. The molecule has 0 aliphatic rings. The van der Waals surface area contributed by atoms with Crippen molar-refractivity contribution in [1.29, 1.82) is 0 Å². The molecule has 0 fully saturated rings. The topological polar surface area (TPSA) is 95.9 Å². The van der Waals surface area contributed by atoms with E-state index >= 15 is 0 Å². The molecule has 1 amide bonds. The van der Waals surface area contributed by atoms with Gasteiger partial charge in [0.25, 0.3) is 0 Å². The zero-order valence-corrected chi connectivity index (χ0v) is 48.0. The smallest absolute Gasteiger partial charge is 0.305 e. The summed E-state index contributed by atoms with van der Waals surface area (Å²) in [6.45, 7) is 4.92. The van der Waals surface area contributed by atoms with Gasteiger partial charge in [0.2, 0.25) is 5.91 Å². The molecule has 71 heavy (non-hydrogen) atoms. The van der Waals surface area contributed by atoms with E-state index in [0.717, 1.165) is 44.9 Å². The first-order valence-corrected chi connectivity index (χ1v) is 32.1. The van der Waals surface area contributed by atoms with Crippen molar-refractivity contribution in [2.24, 2.45) is 0 Å². The van der Waals surface area contributed by atoms with Gasteiger partial charge in [-0.1, -0.05) is 308 Å². The van der Waals surface area contributed by atoms with Crippen LogP contribution in [-0.4, -0.2) is 47.4 Å². The van der Waals surface area contributed by atoms with Crippen LogP contribution in [0.4, 0.5) is 0 Å². The monoisotopic (exact) mass is 1000 g/mol. The summed E-state index contributed by atoms with van der Waals surface area (Å²) in [5.41, 5.74) is 0. The number of allylic oxidation sites excluding steroid dienone is 3. The summed E-state index contributed by atoms with van der Waals surface area (Å²) < 4.78 is 5.49. The number of rotatable bonds is 60. The molecule has 0 aliphatic carbocycles. The fourth-order valence-corrected chi connectivity index (χ4v) is 10.0. The van der Waals surface area contributed by atoms with Gasteiger partial charge in [0.05, 0.1) is 25.4 Å². The van der Waals surface area contributed by atoms with Crippen molar-refractivity contribution in [3.63, 3.8) is 0 Å². The van der Waals surface area contributed by atoms with Crippen molar-refractivity contribution in [1.82, 2.24) is 5.32 Å². The van der Waals surface area contributed by atoms with Crippen LogP contribution in [0.5, 0.6) is 0 Å². The van der Waals surface area contributed by atoms with E-state index in [0.29, 0.717) is 19.4 Å². The highest BCUT2D eigenvalue weighted by Gasteiger charge is 2.18. The number of unbranched alkanes of at least 4 members (excludes halogenated alkanes) is 47. The highest BCUT2D eigenvalue weighted by molar-refractivity contribution is 5.76. The van der Waals surface area contributed by atoms with E-state index in [4.69, 9.17) is 4.74 Å². The maximum Gasteiger partial charge on any atom is 0.305 e. The molecule has 0 saturated heterocycles. The summed E-state index contributed by atoms with van der Waals surface area (Å²) >= 11 is 0. The third-order valence-electron chi connectivity index (χ3n) is 15.0. The standard InChI is InChI=1S/C65H125NO5/c1-3-5-7-9-11-13-15-17-19-25-29-33-37-41-45-49-53-57-63(68)62(61-67)66-64(69)58-54-50-46-42-38-34-30-27-23-21-22-24-28-32-36-40-44-48-52-56-60-71-65(70)59-55-51-47-43-39-35-31-26-20-18-16-14-12-10-8-6-4-2/h21,23,53,57,62-63,67-68H,3-20,22,24-52,54-56,58-61H2,1-2H3,(H,66,69)/b23-21-,57-53+. The number of carbonyl (C=O) groups excluding carboxylic acids is 2. The molecule has 6 heteroatoms. The van der Waals surface area contributed by atoms with Gasteiger partial charge in [0.1, 0.15) is 0 Å². The molecule has 0 rings (SSSR count). The van der Waals surface area contributed by atoms with Crippen molar-refractivity contribution in [2.75, 3.05) is 13.2 Å². The van der Waals surface area contributed by atoms with E-state index < -0.39 is 12.1 Å². The second-order valence-corrected chi connectivity index (χ2v) is 22.1. The second kappa shape index (κ2) is 60.9. The largest absolute Gasteiger partial charge is 0.466 e. The molecular weight excluding hydrogens is 875 g/mol. The summed E-state index contributed by atoms with van der Waals surface area (Å²) in [6, 6.07) is -0.634. The molecule has 420 valence electrons. The van der Waals surface area contributed by atoms with Gasteiger partial charge >= 0.3 is 5.97 Å². The van der Waals surface area contributed by atoms with Gasteiger partial charge in [-0.25, -0.2) is 0 Å². The Labute approximate surface area is 443 Å². The first kappa shape index (κ1) is 69.3. The van der Waals surface area contributed by atoms with Crippen LogP contribution >= 0.6 is 0 Å². The van der Waals surface area contributed by atoms with Crippen molar-refractivity contribution in [3.05, 3.63) is 24.3 Å². The first-order valence-electron chi connectivity index (χ1n) is 32.1. The molecule has 0 heterocycles. The van der Waals surface area contributed by atoms with Crippen LogP contribution in [0.1, 0.15) is 354 Å². The Hall–Kier alpha value is -1.66. The predicted molar refractivity (Wildman–Crippen MR) is 310 cm³/mol. The van der Waals surface area contributed by atoms with E-state index in [2.05, 4.69) is 31.3 Å². The summed E-state index contributed by atoms with van der Waals surface area (Å²) in [5.74, 6) is -0.0642. The Kier molecular flexibility index (Phi) is 59.5. The Bertz CT molecular complexity index is 1110. The molecule has 0 aromatic heterocycles. The fourth-order valence-electron chi connectivity index (χ4n) is 10.0.